The molecular weight excluding hydrogens is 363 g/mol. The van der Waals surface area contributed by atoms with E-state index in [1.807, 2.05) is 6.92 Å². The summed E-state index contributed by atoms with van der Waals surface area (Å²) in [5, 5.41) is 13.3. The van der Waals surface area contributed by atoms with Crippen molar-refractivity contribution in [1.29, 1.82) is 0 Å². The molecule has 1 fully saturated rings. The zero-order valence-electron chi connectivity index (χ0n) is 14.5. The summed E-state index contributed by atoms with van der Waals surface area (Å²) in [5.74, 6) is -2.01. The van der Waals surface area contributed by atoms with E-state index < -0.39 is 29.5 Å². The van der Waals surface area contributed by atoms with Gasteiger partial charge in [0, 0.05) is 18.8 Å². The molecule has 1 amide bonds. The molecule has 1 saturated heterocycles. The van der Waals surface area contributed by atoms with Gasteiger partial charge in [-0.1, -0.05) is 6.07 Å². The number of hydrogen-bond acceptors (Lipinski definition) is 3. The molecule has 3 rings (SSSR count). The molecule has 2 heterocycles. The fraction of sp³-hybridized carbons (Fsp3) is 0.389. The Kier molecular flexibility index (Phi) is 4.95. The van der Waals surface area contributed by atoms with Gasteiger partial charge >= 0.3 is 12.1 Å². The second kappa shape index (κ2) is 7.05. The van der Waals surface area contributed by atoms with Gasteiger partial charge in [0.2, 0.25) is 0 Å². The van der Waals surface area contributed by atoms with Crippen LogP contribution in [0.4, 0.5) is 13.2 Å². The maximum absolute atomic E-state index is 12.9. The molecule has 1 aromatic carbocycles. The van der Waals surface area contributed by atoms with Crippen molar-refractivity contribution in [2.75, 3.05) is 6.54 Å². The summed E-state index contributed by atoms with van der Waals surface area (Å²) < 4.78 is 39.8. The number of carboxylic acid groups (broad SMARTS) is 1. The van der Waals surface area contributed by atoms with E-state index >= 15 is 0 Å². The Bertz CT molecular complexity index is 863. The normalized spacial score (nSPS) is 20.5. The lowest BCUT2D eigenvalue weighted by molar-refractivity contribution is -0.143. The summed E-state index contributed by atoms with van der Waals surface area (Å²) in [4.78, 5) is 25.4. The predicted molar refractivity (Wildman–Crippen MR) is 89.4 cm³/mol. The third-order valence-corrected chi connectivity index (χ3v) is 4.74. The van der Waals surface area contributed by atoms with Crippen LogP contribution in [0.1, 0.15) is 35.8 Å². The minimum atomic E-state index is -4.48. The van der Waals surface area contributed by atoms with Crippen molar-refractivity contribution in [1.82, 2.24) is 14.7 Å². The maximum atomic E-state index is 12.9. The van der Waals surface area contributed by atoms with Gasteiger partial charge in [-0.15, -0.1) is 0 Å². The van der Waals surface area contributed by atoms with Crippen LogP contribution in [0.25, 0.3) is 5.69 Å². The van der Waals surface area contributed by atoms with Crippen LogP contribution in [0.3, 0.4) is 0 Å². The van der Waals surface area contributed by atoms with Crippen molar-refractivity contribution < 1.29 is 27.9 Å². The molecule has 0 aliphatic carbocycles. The summed E-state index contributed by atoms with van der Waals surface area (Å²) in [6.45, 7) is 1.92. The SMILES string of the molecule is CC1CCC(C(=O)O)CN1C(=O)c1ccn(-c2cccc(C(F)(F)F)c2)n1. The number of benzene rings is 1. The molecule has 27 heavy (non-hydrogen) atoms. The fourth-order valence-electron chi connectivity index (χ4n) is 3.15. The Labute approximate surface area is 153 Å². The number of amides is 1. The summed E-state index contributed by atoms with van der Waals surface area (Å²) in [6.07, 6.45) is -2.00. The monoisotopic (exact) mass is 381 g/mol. The number of rotatable bonds is 3. The molecule has 2 aromatic rings. The van der Waals surface area contributed by atoms with Crippen molar-refractivity contribution in [2.24, 2.45) is 5.92 Å². The number of carboxylic acids is 1. The molecule has 1 N–H and O–H groups in total. The Balaban J connectivity index is 1.83. The molecule has 2 atom stereocenters. The minimum absolute atomic E-state index is 0.0605. The van der Waals surface area contributed by atoms with Gasteiger partial charge in [0.05, 0.1) is 17.2 Å². The number of halogens is 3. The van der Waals surface area contributed by atoms with E-state index in [0.717, 1.165) is 12.1 Å². The van der Waals surface area contributed by atoms with Crippen LogP contribution in [-0.4, -0.2) is 44.3 Å². The van der Waals surface area contributed by atoms with Crippen LogP contribution in [0.2, 0.25) is 0 Å². The second-order valence-corrected chi connectivity index (χ2v) is 6.61. The van der Waals surface area contributed by atoms with Crippen LogP contribution < -0.4 is 0 Å². The van der Waals surface area contributed by atoms with Gasteiger partial charge in [-0.25, -0.2) is 4.68 Å². The van der Waals surface area contributed by atoms with Gasteiger partial charge in [-0.3, -0.25) is 9.59 Å². The third-order valence-electron chi connectivity index (χ3n) is 4.74. The standard InChI is InChI=1S/C18H18F3N3O3/c1-11-5-6-12(17(26)27)10-23(11)16(25)15-7-8-24(22-15)14-4-2-3-13(9-14)18(19,20)21/h2-4,7-9,11-12H,5-6,10H2,1H3,(H,26,27). The van der Waals surface area contributed by atoms with Crippen LogP contribution in [-0.2, 0) is 11.0 Å². The van der Waals surface area contributed by atoms with E-state index in [0.29, 0.717) is 12.8 Å². The van der Waals surface area contributed by atoms with Gasteiger partial charge in [0.25, 0.3) is 5.91 Å². The molecule has 0 saturated carbocycles. The number of carbonyl (C=O) groups is 2. The molecule has 1 aliphatic rings. The molecule has 2 unspecified atom stereocenters. The van der Waals surface area contributed by atoms with Crippen molar-refractivity contribution >= 4 is 11.9 Å². The zero-order valence-corrected chi connectivity index (χ0v) is 14.5. The first kappa shape index (κ1) is 18.9. The number of hydrogen-bond donors (Lipinski definition) is 1. The molecule has 9 heteroatoms. The second-order valence-electron chi connectivity index (χ2n) is 6.61. The number of piperidine rings is 1. The van der Waals surface area contributed by atoms with Crippen LogP contribution >= 0.6 is 0 Å². The number of aliphatic carboxylic acids is 1. The van der Waals surface area contributed by atoms with E-state index in [9.17, 15) is 27.9 Å². The Morgan fingerprint density at radius 1 is 1.22 bits per heavy atom. The molecular formula is C18H18F3N3O3. The van der Waals surface area contributed by atoms with Crippen LogP contribution in [0, 0.1) is 5.92 Å². The average Bonchev–Trinajstić information content (AvgIpc) is 3.11. The molecule has 0 radical (unpaired) electrons. The molecule has 0 spiro atoms. The molecule has 6 nitrogen and oxygen atoms in total. The molecule has 1 aromatic heterocycles. The highest BCUT2D eigenvalue weighted by Gasteiger charge is 2.34. The number of carbonyl (C=O) groups excluding carboxylic acids is 1. The van der Waals surface area contributed by atoms with Crippen molar-refractivity contribution in [3.05, 3.63) is 47.8 Å². The lowest BCUT2D eigenvalue weighted by Gasteiger charge is -2.36. The first-order chi connectivity index (χ1) is 12.7. The summed E-state index contributed by atoms with van der Waals surface area (Å²) in [5.41, 5.74) is -0.568. The molecule has 0 bridgehead atoms. The largest absolute Gasteiger partial charge is 0.481 e. The molecule has 144 valence electrons. The summed E-state index contributed by atoms with van der Waals surface area (Å²) in [6, 6.07) is 5.92. The quantitative estimate of drug-likeness (QED) is 0.886. The number of aromatic nitrogens is 2. The summed E-state index contributed by atoms with van der Waals surface area (Å²) in [7, 11) is 0. The smallest absolute Gasteiger partial charge is 0.416 e. The van der Waals surface area contributed by atoms with Crippen molar-refractivity contribution in [2.45, 2.75) is 32.0 Å². The molecule has 1 aliphatic heterocycles. The Morgan fingerprint density at radius 2 is 1.96 bits per heavy atom. The first-order valence-electron chi connectivity index (χ1n) is 8.44. The highest BCUT2D eigenvalue weighted by atomic mass is 19.4. The van der Waals surface area contributed by atoms with Gasteiger partial charge in [0.1, 0.15) is 0 Å². The van der Waals surface area contributed by atoms with E-state index in [1.165, 1.54) is 34.0 Å². The van der Waals surface area contributed by atoms with Gasteiger partial charge in [-0.05, 0) is 44.0 Å². The number of nitrogens with zero attached hydrogens (tertiary/aromatic N) is 3. The predicted octanol–water partition coefficient (Wildman–Crippen LogP) is 3.22. The van der Waals surface area contributed by atoms with E-state index in [1.54, 1.807) is 0 Å². The lowest BCUT2D eigenvalue weighted by Crippen LogP contribution is -2.47. The third kappa shape index (κ3) is 3.96. The number of alkyl halides is 3. The van der Waals surface area contributed by atoms with Gasteiger partial charge in [0.15, 0.2) is 5.69 Å². The fourth-order valence-corrected chi connectivity index (χ4v) is 3.15. The van der Waals surface area contributed by atoms with Gasteiger partial charge in [-0.2, -0.15) is 18.3 Å². The topological polar surface area (TPSA) is 75.4 Å². The van der Waals surface area contributed by atoms with E-state index in [2.05, 4.69) is 5.10 Å². The minimum Gasteiger partial charge on any atom is -0.481 e. The van der Waals surface area contributed by atoms with Crippen LogP contribution in [0.15, 0.2) is 36.5 Å². The summed E-state index contributed by atoms with van der Waals surface area (Å²) >= 11 is 0. The van der Waals surface area contributed by atoms with Crippen LogP contribution in [0.5, 0.6) is 0 Å². The van der Waals surface area contributed by atoms with Gasteiger partial charge < -0.3 is 10.0 Å². The van der Waals surface area contributed by atoms with E-state index in [4.69, 9.17) is 0 Å². The van der Waals surface area contributed by atoms with E-state index in [-0.39, 0.29) is 24.0 Å². The average molecular weight is 381 g/mol. The Morgan fingerprint density at radius 3 is 2.63 bits per heavy atom. The number of likely N-dealkylation sites (tertiary alicyclic amines) is 1. The maximum Gasteiger partial charge on any atom is 0.416 e. The first-order valence-corrected chi connectivity index (χ1v) is 8.44. The highest BCUT2D eigenvalue weighted by Crippen LogP contribution is 2.30. The lowest BCUT2D eigenvalue weighted by atomic mass is 9.93. The highest BCUT2D eigenvalue weighted by molar-refractivity contribution is 5.93. The van der Waals surface area contributed by atoms with Crippen molar-refractivity contribution in [3.63, 3.8) is 0 Å². The van der Waals surface area contributed by atoms with Crippen molar-refractivity contribution in [3.8, 4) is 5.69 Å². The zero-order chi connectivity index (χ0) is 19.8. The Hall–Kier alpha value is -2.84.